The number of aromatic nitrogens is 4. The van der Waals surface area contributed by atoms with Crippen LogP contribution in [-0.2, 0) is 0 Å². The highest BCUT2D eigenvalue weighted by molar-refractivity contribution is 6.30. The van der Waals surface area contributed by atoms with Crippen molar-refractivity contribution in [3.8, 4) is 5.69 Å². The fraction of sp³-hybridized carbons (Fsp3) is 0.154. The molecule has 3 aromatic heterocycles. The van der Waals surface area contributed by atoms with Crippen molar-refractivity contribution in [1.29, 1.82) is 0 Å². The molecule has 0 fully saturated rings. The van der Waals surface area contributed by atoms with E-state index in [9.17, 15) is 0 Å². The molecule has 0 saturated heterocycles. The number of nitrogens with zero attached hydrogens (tertiary/aromatic N) is 4. The van der Waals surface area contributed by atoms with Gasteiger partial charge >= 0.3 is 0 Å². The molecule has 18 heavy (non-hydrogen) atoms. The second kappa shape index (κ2) is 4.07. The predicted molar refractivity (Wildman–Crippen MR) is 71.1 cm³/mol. The van der Waals surface area contributed by atoms with Gasteiger partial charge in [0.1, 0.15) is 5.15 Å². The van der Waals surface area contributed by atoms with Crippen LogP contribution in [0.25, 0.3) is 16.6 Å². The van der Waals surface area contributed by atoms with Crippen molar-refractivity contribution in [2.75, 3.05) is 0 Å². The van der Waals surface area contributed by atoms with E-state index in [1.54, 1.807) is 12.4 Å². The largest absolute Gasteiger partial charge is 0.261 e. The summed E-state index contributed by atoms with van der Waals surface area (Å²) in [5.41, 5.74) is 3.77. The lowest BCUT2D eigenvalue weighted by Gasteiger charge is -2.06. The van der Waals surface area contributed by atoms with Gasteiger partial charge < -0.3 is 0 Å². The van der Waals surface area contributed by atoms with Gasteiger partial charge in [0.2, 0.25) is 0 Å². The van der Waals surface area contributed by atoms with Crippen molar-refractivity contribution in [1.82, 2.24) is 19.7 Å². The highest BCUT2D eigenvalue weighted by Crippen LogP contribution is 2.23. The lowest BCUT2D eigenvalue weighted by atomic mass is 10.2. The lowest BCUT2D eigenvalue weighted by molar-refractivity contribution is 0.897. The van der Waals surface area contributed by atoms with Crippen LogP contribution in [0, 0.1) is 13.8 Å². The second-order valence-electron chi connectivity index (χ2n) is 4.18. The molecular formula is C13H11ClN4. The number of aryl methyl sites for hydroxylation is 2. The second-order valence-corrected chi connectivity index (χ2v) is 4.57. The summed E-state index contributed by atoms with van der Waals surface area (Å²) in [6, 6.07) is 5.73. The van der Waals surface area contributed by atoms with E-state index >= 15 is 0 Å². The van der Waals surface area contributed by atoms with Gasteiger partial charge in [-0.2, -0.15) is 5.10 Å². The van der Waals surface area contributed by atoms with Crippen LogP contribution in [0.4, 0.5) is 0 Å². The highest BCUT2D eigenvalue weighted by atomic mass is 35.5. The average molecular weight is 259 g/mol. The minimum atomic E-state index is 0.491. The maximum atomic E-state index is 5.95. The van der Waals surface area contributed by atoms with Crippen LogP contribution in [-0.4, -0.2) is 19.7 Å². The molecule has 0 N–H and O–H groups in total. The molecule has 0 atom stereocenters. The molecule has 5 heteroatoms. The maximum absolute atomic E-state index is 5.95. The van der Waals surface area contributed by atoms with Gasteiger partial charge in [-0.15, -0.1) is 0 Å². The van der Waals surface area contributed by atoms with Crippen LogP contribution < -0.4 is 0 Å². The summed E-state index contributed by atoms with van der Waals surface area (Å²) < 4.78 is 1.86. The van der Waals surface area contributed by atoms with E-state index in [0.29, 0.717) is 5.15 Å². The maximum Gasteiger partial charge on any atom is 0.130 e. The van der Waals surface area contributed by atoms with Crippen LogP contribution >= 0.6 is 11.6 Å². The minimum Gasteiger partial charge on any atom is -0.261 e. The fourth-order valence-electron chi connectivity index (χ4n) is 2.06. The molecule has 0 aliphatic heterocycles. The standard InChI is InChI=1S/C13H11ClN4/c1-8-5-11(3-4-15-8)18-13-9(2)17-12(14)6-10(13)7-16-18/h3-7H,1-2H3. The number of hydrogen-bond donors (Lipinski definition) is 0. The third-order valence-electron chi connectivity index (χ3n) is 2.81. The van der Waals surface area contributed by atoms with Gasteiger partial charge in [-0.25, -0.2) is 9.67 Å². The Kier molecular flexibility index (Phi) is 2.52. The molecule has 3 heterocycles. The molecular weight excluding hydrogens is 248 g/mol. The summed E-state index contributed by atoms with van der Waals surface area (Å²) in [6.07, 6.45) is 3.57. The molecule has 0 aliphatic rings. The molecule has 0 radical (unpaired) electrons. The normalized spacial score (nSPS) is 11.1. The van der Waals surface area contributed by atoms with Gasteiger partial charge in [0.05, 0.1) is 23.1 Å². The van der Waals surface area contributed by atoms with Crippen molar-refractivity contribution in [3.63, 3.8) is 0 Å². The lowest BCUT2D eigenvalue weighted by Crippen LogP contribution is -1.99. The third kappa shape index (κ3) is 1.75. The van der Waals surface area contributed by atoms with Gasteiger partial charge in [-0.3, -0.25) is 4.98 Å². The fourth-order valence-corrected chi connectivity index (χ4v) is 2.31. The zero-order chi connectivity index (χ0) is 12.7. The number of hydrogen-bond acceptors (Lipinski definition) is 3. The molecule has 0 spiro atoms. The zero-order valence-electron chi connectivity index (χ0n) is 10.1. The van der Waals surface area contributed by atoms with E-state index in [4.69, 9.17) is 11.6 Å². The first-order valence-corrected chi connectivity index (χ1v) is 5.97. The Morgan fingerprint density at radius 2 is 2.06 bits per heavy atom. The van der Waals surface area contributed by atoms with Crippen molar-refractivity contribution in [2.24, 2.45) is 0 Å². The van der Waals surface area contributed by atoms with E-state index in [1.165, 1.54) is 0 Å². The monoisotopic (exact) mass is 258 g/mol. The molecule has 3 aromatic rings. The van der Waals surface area contributed by atoms with E-state index in [-0.39, 0.29) is 0 Å². The van der Waals surface area contributed by atoms with Gasteiger partial charge in [-0.05, 0) is 32.0 Å². The van der Waals surface area contributed by atoms with E-state index < -0.39 is 0 Å². The summed E-state index contributed by atoms with van der Waals surface area (Å²) in [5.74, 6) is 0. The molecule has 0 amide bonds. The zero-order valence-corrected chi connectivity index (χ0v) is 10.8. The first kappa shape index (κ1) is 11.2. The van der Waals surface area contributed by atoms with E-state index in [2.05, 4.69) is 15.1 Å². The van der Waals surface area contributed by atoms with Crippen LogP contribution in [0.1, 0.15) is 11.4 Å². The van der Waals surface area contributed by atoms with Gasteiger partial charge in [0.15, 0.2) is 0 Å². The van der Waals surface area contributed by atoms with Crippen molar-refractivity contribution in [3.05, 3.63) is 47.1 Å². The Bertz CT molecular complexity index is 733. The van der Waals surface area contributed by atoms with Crippen molar-refractivity contribution >= 4 is 22.5 Å². The van der Waals surface area contributed by atoms with Crippen LogP contribution in [0.5, 0.6) is 0 Å². The molecule has 0 bridgehead atoms. The third-order valence-corrected chi connectivity index (χ3v) is 3.01. The quantitative estimate of drug-likeness (QED) is 0.630. The summed E-state index contributed by atoms with van der Waals surface area (Å²) >= 11 is 5.95. The molecule has 0 saturated carbocycles. The molecule has 4 nitrogen and oxygen atoms in total. The Hall–Kier alpha value is -1.94. The molecule has 0 aliphatic carbocycles. The Morgan fingerprint density at radius 1 is 1.22 bits per heavy atom. The van der Waals surface area contributed by atoms with Crippen LogP contribution in [0.15, 0.2) is 30.6 Å². The predicted octanol–water partition coefficient (Wildman–Crippen LogP) is 3.09. The number of pyridine rings is 2. The van der Waals surface area contributed by atoms with Crippen molar-refractivity contribution < 1.29 is 0 Å². The SMILES string of the molecule is Cc1cc(-n2ncc3cc(Cl)nc(C)c32)ccn1. The minimum absolute atomic E-state index is 0.491. The summed E-state index contributed by atoms with van der Waals surface area (Å²) in [5, 5.41) is 5.88. The average Bonchev–Trinajstić information content (AvgIpc) is 2.72. The molecule has 3 rings (SSSR count). The summed E-state index contributed by atoms with van der Waals surface area (Å²) in [6.45, 7) is 3.89. The van der Waals surface area contributed by atoms with Gasteiger partial charge in [0.25, 0.3) is 0 Å². The number of rotatable bonds is 1. The molecule has 90 valence electrons. The van der Waals surface area contributed by atoms with Crippen molar-refractivity contribution in [2.45, 2.75) is 13.8 Å². The van der Waals surface area contributed by atoms with Gasteiger partial charge in [-0.1, -0.05) is 11.6 Å². The molecule has 0 aromatic carbocycles. The summed E-state index contributed by atoms with van der Waals surface area (Å²) in [4.78, 5) is 8.46. The van der Waals surface area contributed by atoms with Crippen LogP contribution in [0.3, 0.4) is 0 Å². The Labute approximate surface area is 109 Å². The first-order valence-electron chi connectivity index (χ1n) is 5.59. The topological polar surface area (TPSA) is 43.6 Å². The number of halogens is 1. The van der Waals surface area contributed by atoms with E-state index in [1.807, 2.05) is 36.7 Å². The van der Waals surface area contributed by atoms with Crippen LogP contribution in [0.2, 0.25) is 5.15 Å². The molecule has 0 unspecified atom stereocenters. The number of fused-ring (bicyclic) bond motifs is 1. The first-order chi connectivity index (χ1) is 8.65. The Morgan fingerprint density at radius 3 is 2.83 bits per heavy atom. The highest BCUT2D eigenvalue weighted by Gasteiger charge is 2.10. The van der Waals surface area contributed by atoms with E-state index in [0.717, 1.165) is 28.0 Å². The van der Waals surface area contributed by atoms with Gasteiger partial charge in [0, 0.05) is 17.3 Å². The summed E-state index contributed by atoms with van der Waals surface area (Å²) in [7, 11) is 0. The smallest absolute Gasteiger partial charge is 0.130 e. The Balaban J connectivity index is 2.31.